The van der Waals surface area contributed by atoms with Crippen LogP contribution in [-0.2, 0) is 9.53 Å². The van der Waals surface area contributed by atoms with Crippen molar-refractivity contribution >= 4 is 52.2 Å². The van der Waals surface area contributed by atoms with Crippen LogP contribution in [-0.4, -0.2) is 41.1 Å². The number of hydrogen-bond acceptors (Lipinski definition) is 8. The lowest BCUT2D eigenvalue weighted by Crippen LogP contribution is -2.37. The molecule has 0 amide bonds. The number of hydrogen-bond donors (Lipinski definition) is 1. The first-order chi connectivity index (χ1) is 13.4. The molecule has 0 spiro atoms. The molecule has 1 fully saturated rings. The minimum absolute atomic E-state index is 0.0449. The zero-order chi connectivity index (χ0) is 20.3. The number of piperidine rings is 1. The van der Waals surface area contributed by atoms with E-state index in [1.807, 2.05) is 0 Å². The van der Waals surface area contributed by atoms with Crippen LogP contribution in [0.4, 0.5) is 23.0 Å². The highest BCUT2D eigenvalue weighted by Crippen LogP contribution is 2.36. The van der Waals surface area contributed by atoms with Crippen LogP contribution in [0.2, 0.25) is 10.0 Å². The maximum Gasteiger partial charge on any atom is 0.353 e. The highest BCUT2D eigenvalue weighted by atomic mass is 35.5. The minimum Gasteiger partial charge on any atom is -0.469 e. The fourth-order valence-electron chi connectivity index (χ4n) is 3.06. The van der Waals surface area contributed by atoms with Gasteiger partial charge in [0.05, 0.1) is 28.0 Å². The average Bonchev–Trinajstić information content (AvgIpc) is 2.70. The van der Waals surface area contributed by atoms with Gasteiger partial charge in [-0.15, -0.1) is 0 Å². The summed E-state index contributed by atoms with van der Waals surface area (Å²) in [5.74, 6) is -0.232. The summed E-state index contributed by atoms with van der Waals surface area (Å²) >= 11 is 11.9. The molecule has 1 N–H and O–H groups in total. The molecule has 1 saturated heterocycles. The standard InChI is InChI=1S/C17H17Cl2N5O4/c1-28-17(25)10-4-6-23(7-5-10)16-14(24(26)27)15(20-9-21-16)22-11-2-3-12(18)13(19)8-11/h2-3,8-10H,4-7H2,1H3,(H,20,21,22). The van der Waals surface area contributed by atoms with Crippen molar-refractivity contribution in [3.63, 3.8) is 0 Å². The van der Waals surface area contributed by atoms with Gasteiger partial charge in [-0.2, -0.15) is 0 Å². The predicted octanol–water partition coefficient (Wildman–Crippen LogP) is 3.82. The summed E-state index contributed by atoms with van der Waals surface area (Å²) in [6.07, 6.45) is 2.32. The molecule has 28 heavy (non-hydrogen) atoms. The van der Waals surface area contributed by atoms with Gasteiger partial charge in [0.2, 0.25) is 11.6 Å². The molecule has 2 aromatic rings. The second-order valence-corrected chi connectivity index (χ2v) is 7.00. The topological polar surface area (TPSA) is 110 Å². The first-order valence-electron chi connectivity index (χ1n) is 8.45. The molecule has 2 heterocycles. The quantitative estimate of drug-likeness (QED) is 0.437. The van der Waals surface area contributed by atoms with E-state index >= 15 is 0 Å². The summed E-state index contributed by atoms with van der Waals surface area (Å²) in [6.45, 7) is 0.896. The van der Waals surface area contributed by atoms with Crippen molar-refractivity contribution in [1.82, 2.24) is 9.97 Å². The van der Waals surface area contributed by atoms with Crippen LogP contribution in [0, 0.1) is 16.0 Å². The van der Waals surface area contributed by atoms with Gasteiger partial charge in [0.1, 0.15) is 6.33 Å². The zero-order valence-electron chi connectivity index (χ0n) is 14.9. The van der Waals surface area contributed by atoms with Gasteiger partial charge in [-0.25, -0.2) is 9.97 Å². The van der Waals surface area contributed by atoms with E-state index in [9.17, 15) is 14.9 Å². The second kappa shape index (κ2) is 8.57. The molecule has 1 aromatic heterocycles. The SMILES string of the molecule is COC(=O)C1CCN(c2ncnc(Nc3ccc(Cl)c(Cl)c3)c2[N+](=O)[O-])CC1. The van der Waals surface area contributed by atoms with Gasteiger partial charge in [0, 0.05) is 18.8 Å². The third-order valence-corrected chi connectivity index (χ3v) is 5.24. The molecule has 0 unspecified atom stereocenters. The number of carbonyl (C=O) groups is 1. The Labute approximate surface area is 170 Å². The molecule has 1 aromatic carbocycles. The molecule has 148 valence electrons. The first kappa shape index (κ1) is 20.1. The molecule has 0 radical (unpaired) electrons. The Balaban J connectivity index is 1.87. The Bertz CT molecular complexity index is 903. The fraction of sp³-hybridized carbons (Fsp3) is 0.353. The van der Waals surface area contributed by atoms with Gasteiger partial charge >= 0.3 is 11.7 Å². The van der Waals surface area contributed by atoms with Crippen molar-refractivity contribution in [2.45, 2.75) is 12.8 Å². The van der Waals surface area contributed by atoms with E-state index in [2.05, 4.69) is 15.3 Å². The normalized spacial score (nSPS) is 14.6. The molecule has 1 aliphatic rings. The fourth-order valence-corrected chi connectivity index (χ4v) is 3.36. The number of aromatic nitrogens is 2. The smallest absolute Gasteiger partial charge is 0.353 e. The van der Waals surface area contributed by atoms with E-state index in [1.165, 1.54) is 13.4 Å². The Morgan fingerprint density at radius 3 is 2.61 bits per heavy atom. The number of anilines is 3. The van der Waals surface area contributed by atoms with Crippen LogP contribution in [0.5, 0.6) is 0 Å². The molecule has 3 rings (SSSR count). The van der Waals surface area contributed by atoms with E-state index in [0.29, 0.717) is 41.7 Å². The number of ether oxygens (including phenoxy) is 1. The molecule has 11 heteroatoms. The van der Waals surface area contributed by atoms with Crippen LogP contribution in [0.15, 0.2) is 24.5 Å². The predicted molar refractivity (Wildman–Crippen MR) is 105 cm³/mol. The monoisotopic (exact) mass is 425 g/mol. The molecular weight excluding hydrogens is 409 g/mol. The Hall–Kier alpha value is -2.65. The van der Waals surface area contributed by atoms with Crippen LogP contribution in [0.3, 0.4) is 0 Å². The third kappa shape index (κ3) is 4.26. The van der Waals surface area contributed by atoms with Crippen molar-refractivity contribution in [3.05, 3.63) is 44.7 Å². The molecule has 0 saturated carbocycles. The number of esters is 1. The Morgan fingerprint density at radius 1 is 1.29 bits per heavy atom. The Morgan fingerprint density at radius 2 is 2.00 bits per heavy atom. The highest BCUT2D eigenvalue weighted by Gasteiger charge is 2.32. The highest BCUT2D eigenvalue weighted by molar-refractivity contribution is 6.42. The lowest BCUT2D eigenvalue weighted by atomic mass is 9.97. The summed E-state index contributed by atoms with van der Waals surface area (Å²) < 4.78 is 4.77. The molecule has 9 nitrogen and oxygen atoms in total. The summed E-state index contributed by atoms with van der Waals surface area (Å²) in [5.41, 5.74) is 0.261. The maximum absolute atomic E-state index is 11.8. The van der Waals surface area contributed by atoms with Crippen molar-refractivity contribution in [1.29, 1.82) is 0 Å². The van der Waals surface area contributed by atoms with Gasteiger partial charge in [-0.1, -0.05) is 23.2 Å². The number of nitrogens with zero attached hydrogens (tertiary/aromatic N) is 4. The number of carbonyl (C=O) groups excluding carboxylic acids is 1. The van der Waals surface area contributed by atoms with E-state index in [0.717, 1.165) is 0 Å². The van der Waals surface area contributed by atoms with E-state index in [-0.39, 0.29) is 29.2 Å². The minimum atomic E-state index is -0.526. The lowest BCUT2D eigenvalue weighted by molar-refractivity contribution is -0.383. The van der Waals surface area contributed by atoms with E-state index < -0.39 is 4.92 Å². The number of nitro groups is 1. The second-order valence-electron chi connectivity index (χ2n) is 6.19. The first-order valence-corrected chi connectivity index (χ1v) is 9.20. The van der Waals surface area contributed by atoms with E-state index in [4.69, 9.17) is 27.9 Å². The van der Waals surface area contributed by atoms with E-state index in [1.54, 1.807) is 23.1 Å². The molecule has 0 atom stereocenters. The number of methoxy groups -OCH3 is 1. The summed E-state index contributed by atoms with van der Waals surface area (Å²) in [4.78, 5) is 32.8. The number of halogens is 2. The third-order valence-electron chi connectivity index (χ3n) is 4.50. The van der Waals surface area contributed by atoms with Gasteiger partial charge in [0.25, 0.3) is 0 Å². The molecule has 1 aliphatic heterocycles. The summed E-state index contributed by atoms with van der Waals surface area (Å²) in [5, 5.41) is 15.3. The van der Waals surface area contributed by atoms with Crippen molar-refractivity contribution in [3.8, 4) is 0 Å². The van der Waals surface area contributed by atoms with Crippen LogP contribution in [0.25, 0.3) is 0 Å². The van der Waals surface area contributed by atoms with Crippen molar-refractivity contribution < 1.29 is 14.5 Å². The lowest BCUT2D eigenvalue weighted by Gasteiger charge is -2.31. The van der Waals surface area contributed by atoms with Gasteiger partial charge < -0.3 is 15.0 Å². The Kier molecular flexibility index (Phi) is 6.15. The average molecular weight is 426 g/mol. The number of benzene rings is 1. The van der Waals surface area contributed by atoms with Crippen molar-refractivity contribution in [2.24, 2.45) is 5.92 Å². The zero-order valence-corrected chi connectivity index (χ0v) is 16.4. The molecular formula is C17H17Cl2N5O4. The van der Waals surface area contributed by atoms with Gasteiger partial charge in [0.15, 0.2) is 0 Å². The largest absolute Gasteiger partial charge is 0.469 e. The molecule has 0 bridgehead atoms. The van der Waals surface area contributed by atoms with Gasteiger partial charge in [-0.3, -0.25) is 14.9 Å². The number of nitrogens with one attached hydrogen (secondary N) is 1. The molecule has 0 aliphatic carbocycles. The summed E-state index contributed by atoms with van der Waals surface area (Å²) in [6, 6.07) is 4.77. The van der Waals surface area contributed by atoms with Crippen LogP contribution in [0.1, 0.15) is 12.8 Å². The number of rotatable bonds is 5. The maximum atomic E-state index is 11.8. The van der Waals surface area contributed by atoms with Crippen LogP contribution < -0.4 is 10.2 Å². The summed E-state index contributed by atoms with van der Waals surface area (Å²) in [7, 11) is 1.35. The van der Waals surface area contributed by atoms with Crippen molar-refractivity contribution in [2.75, 3.05) is 30.4 Å². The van der Waals surface area contributed by atoms with Crippen LogP contribution >= 0.6 is 23.2 Å². The van der Waals surface area contributed by atoms with Gasteiger partial charge in [-0.05, 0) is 31.0 Å².